The molecule has 0 saturated carbocycles. The molecule has 0 aromatic rings. The minimum atomic E-state index is -4.76. The fourth-order valence-electron chi connectivity index (χ4n) is 1.24. The zero-order valence-corrected chi connectivity index (χ0v) is 8.85. The molecule has 0 N–H and O–H groups in total. The number of amides is 1. The van der Waals surface area contributed by atoms with Crippen molar-refractivity contribution < 1.29 is 18.0 Å². The first-order chi connectivity index (χ1) is 6.16. The predicted octanol–water partition coefficient (Wildman–Crippen LogP) is 2.44. The van der Waals surface area contributed by atoms with Crippen LogP contribution in [-0.2, 0) is 4.79 Å². The smallest absolute Gasteiger partial charge is 0.335 e. The second kappa shape index (κ2) is 4.66. The molecule has 0 aromatic carbocycles. The van der Waals surface area contributed by atoms with Crippen LogP contribution in [0.15, 0.2) is 0 Å². The summed E-state index contributed by atoms with van der Waals surface area (Å²) in [5.41, 5.74) is 0. The molecule has 1 unspecified atom stereocenters. The van der Waals surface area contributed by atoms with E-state index in [-0.39, 0.29) is 12.0 Å². The number of nitrogens with zero attached hydrogens (tertiary/aromatic N) is 1. The van der Waals surface area contributed by atoms with Crippen molar-refractivity contribution in [3.63, 3.8) is 0 Å². The van der Waals surface area contributed by atoms with Gasteiger partial charge in [0, 0.05) is 13.1 Å². The Labute approximate surface area is 82.1 Å². The van der Waals surface area contributed by atoms with Gasteiger partial charge in [-0.15, -0.1) is 0 Å². The topological polar surface area (TPSA) is 20.3 Å². The Kier molecular flexibility index (Phi) is 4.42. The van der Waals surface area contributed by atoms with E-state index in [0.717, 1.165) is 4.90 Å². The fourth-order valence-corrected chi connectivity index (χ4v) is 1.24. The highest BCUT2D eigenvalue weighted by molar-refractivity contribution is 5.81. The molecule has 1 atom stereocenters. The van der Waals surface area contributed by atoms with Gasteiger partial charge in [-0.1, -0.05) is 13.8 Å². The van der Waals surface area contributed by atoms with E-state index in [0.29, 0.717) is 6.42 Å². The largest absolute Gasteiger partial charge is 0.471 e. The van der Waals surface area contributed by atoms with Crippen LogP contribution in [0.25, 0.3) is 0 Å². The monoisotopic (exact) mass is 211 g/mol. The molecule has 0 rings (SSSR count). The number of alkyl halides is 3. The minimum Gasteiger partial charge on any atom is -0.335 e. The lowest BCUT2D eigenvalue weighted by atomic mass is 10.0. The van der Waals surface area contributed by atoms with E-state index in [9.17, 15) is 18.0 Å². The van der Waals surface area contributed by atoms with Gasteiger partial charge in [-0.25, -0.2) is 0 Å². The van der Waals surface area contributed by atoms with Gasteiger partial charge >= 0.3 is 12.1 Å². The van der Waals surface area contributed by atoms with E-state index in [1.165, 1.54) is 7.05 Å². The number of hydrogen-bond acceptors (Lipinski definition) is 1. The molecule has 0 fully saturated rings. The summed E-state index contributed by atoms with van der Waals surface area (Å²) in [4.78, 5) is 11.5. The first-order valence-electron chi connectivity index (χ1n) is 4.50. The van der Waals surface area contributed by atoms with E-state index in [4.69, 9.17) is 0 Å². The second-order valence-electron chi connectivity index (χ2n) is 3.89. The molecule has 0 aliphatic carbocycles. The molecule has 0 spiro atoms. The van der Waals surface area contributed by atoms with Crippen molar-refractivity contribution >= 4 is 5.91 Å². The Morgan fingerprint density at radius 2 is 1.71 bits per heavy atom. The van der Waals surface area contributed by atoms with Gasteiger partial charge in [0.2, 0.25) is 0 Å². The Morgan fingerprint density at radius 1 is 1.29 bits per heavy atom. The van der Waals surface area contributed by atoms with Crippen molar-refractivity contribution in [1.82, 2.24) is 4.90 Å². The van der Waals surface area contributed by atoms with Gasteiger partial charge in [-0.3, -0.25) is 4.79 Å². The molecular formula is C9H16F3NO. The fraction of sp³-hybridized carbons (Fsp3) is 0.889. The standard InChI is InChI=1S/C9H16F3NO/c1-6(2)5-7(3)13(4)8(14)9(10,11)12/h6-7H,5H2,1-4H3. The minimum absolute atomic E-state index is 0.272. The number of carbonyl (C=O) groups is 1. The van der Waals surface area contributed by atoms with Gasteiger partial charge in [-0.2, -0.15) is 13.2 Å². The highest BCUT2D eigenvalue weighted by atomic mass is 19.4. The number of halogens is 3. The third kappa shape index (κ3) is 3.98. The highest BCUT2D eigenvalue weighted by Gasteiger charge is 2.42. The van der Waals surface area contributed by atoms with Crippen LogP contribution in [0, 0.1) is 5.92 Å². The summed E-state index contributed by atoms with van der Waals surface area (Å²) in [6.07, 6.45) is -4.20. The third-order valence-electron chi connectivity index (χ3n) is 2.04. The predicted molar refractivity (Wildman–Crippen MR) is 47.7 cm³/mol. The summed E-state index contributed by atoms with van der Waals surface area (Å²) in [5.74, 6) is -1.50. The van der Waals surface area contributed by atoms with Crippen LogP contribution in [0.3, 0.4) is 0 Å². The van der Waals surface area contributed by atoms with Crippen LogP contribution in [0.1, 0.15) is 27.2 Å². The molecule has 0 aliphatic heterocycles. The van der Waals surface area contributed by atoms with Crippen molar-refractivity contribution in [3.8, 4) is 0 Å². The van der Waals surface area contributed by atoms with Crippen LogP contribution in [0.5, 0.6) is 0 Å². The molecule has 0 bridgehead atoms. The summed E-state index contributed by atoms with van der Waals surface area (Å²) in [7, 11) is 1.18. The summed E-state index contributed by atoms with van der Waals surface area (Å²) in [6, 6.07) is -0.385. The van der Waals surface area contributed by atoms with Crippen LogP contribution in [0.4, 0.5) is 13.2 Å². The van der Waals surface area contributed by atoms with Crippen molar-refractivity contribution in [2.24, 2.45) is 5.92 Å². The lowest BCUT2D eigenvalue weighted by Gasteiger charge is -2.26. The van der Waals surface area contributed by atoms with E-state index >= 15 is 0 Å². The molecule has 0 saturated heterocycles. The highest BCUT2D eigenvalue weighted by Crippen LogP contribution is 2.20. The van der Waals surface area contributed by atoms with Crippen molar-refractivity contribution in [2.75, 3.05) is 7.05 Å². The van der Waals surface area contributed by atoms with Crippen molar-refractivity contribution in [2.45, 2.75) is 39.4 Å². The maximum atomic E-state index is 12.0. The Bertz CT molecular complexity index is 201. The third-order valence-corrected chi connectivity index (χ3v) is 2.04. The van der Waals surface area contributed by atoms with Gasteiger partial charge < -0.3 is 4.90 Å². The average molecular weight is 211 g/mol. The summed E-state index contributed by atoms with van der Waals surface area (Å²) in [6.45, 7) is 5.43. The average Bonchev–Trinajstić information content (AvgIpc) is 1.98. The molecule has 0 aliphatic rings. The van der Waals surface area contributed by atoms with Crippen LogP contribution in [0.2, 0.25) is 0 Å². The molecular weight excluding hydrogens is 195 g/mol. The van der Waals surface area contributed by atoms with Crippen LogP contribution in [-0.4, -0.2) is 30.1 Å². The Hall–Kier alpha value is -0.740. The summed E-state index contributed by atoms with van der Waals surface area (Å²) >= 11 is 0. The normalized spacial score (nSPS) is 14.3. The quantitative estimate of drug-likeness (QED) is 0.702. The van der Waals surface area contributed by atoms with E-state index in [2.05, 4.69) is 0 Å². The molecule has 0 heterocycles. The van der Waals surface area contributed by atoms with Gasteiger partial charge in [0.05, 0.1) is 0 Å². The Balaban J connectivity index is 4.32. The Morgan fingerprint density at radius 3 is 2.00 bits per heavy atom. The van der Waals surface area contributed by atoms with Crippen molar-refractivity contribution in [1.29, 1.82) is 0 Å². The van der Waals surface area contributed by atoms with Gasteiger partial charge in [-0.05, 0) is 19.3 Å². The van der Waals surface area contributed by atoms with E-state index in [1.54, 1.807) is 6.92 Å². The molecule has 2 nitrogen and oxygen atoms in total. The van der Waals surface area contributed by atoms with Gasteiger partial charge in [0.25, 0.3) is 0 Å². The van der Waals surface area contributed by atoms with Gasteiger partial charge in [0.15, 0.2) is 0 Å². The lowest BCUT2D eigenvalue weighted by molar-refractivity contribution is -0.186. The molecule has 1 amide bonds. The number of hydrogen-bond donors (Lipinski definition) is 0. The van der Waals surface area contributed by atoms with Crippen molar-refractivity contribution in [3.05, 3.63) is 0 Å². The maximum Gasteiger partial charge on any atom is 0.471 e. The molecule has 14 heavy (non-hydrogen) atoms. The van der Waals surface area contributed by atoms with Crippen LogP contribution < -0.4 is 0 Å². The zero-order valence-electron chi connectivity index (χ0n) is 8.85. The van der Waals surface area contributed by atoms with Gasteiger partial charge in [0.1, 0.15) is 0 Å². The second-order valence-corrected chi connectivity index (χ2v) is 3.89. The molecule has 84 valence electrons. The van der Waals surface area contributed by atoms with Crippen LogP contribution >= 0.6 is 0 Å². The molecule has 0 radical (unpaired) electrons. The summed E-state index contributed by atoms with van der Waals surface area (Å²) in [5, 5.41) is 0. The molecule has 0 aromatic heterocycles. The first kappa shape index (κ1) is 13.3. The number of carbonyl (C=O) groups excluding carboxylic acids is 1. The van der Waals surface area contributed by atoms with E-state index in [1.807, 2.05) is 13.8 Å². The SMILES string of the molecule is CC(C)CC(C)N(C)C(=O)C(F)(F)F. The number of rotatable bonds is 3. The lowest BCUT2D eigenvalue weighted by Crippen LogP contribution is -2.43. The first-order valence-corrected chi connectivity index (χ1v) is 4.50. The molecule has 5 heteroatoms. The summed E-state index contributed by atoms with van der Waals surface area (Å²) < 4.78 is 36.0. The van der Waals surface area contributed by atoms with E-state index < -0.39 is 12.1 Å². The maximum absolute atomic E-state index is 12.0. The zero-order chi connectivity index (χ0) is 11.5.